The van der Waals surface area contributed by atoms with E-state index in [-0.39, 0.29) is 25.0 Å². The first-order valence-electron chi connectivity index (χ1n) is 11.4. The summed E-state index contributed by atoms with van der Waals surface area (Å²) in [5.41, 5.74) is 5.61. The van der Waals surface area contributed by atoms with Crippen molar-refractivity contribution >= 4 is 12.1 Å². The number of carboxylic acids is 1. The Kier molecular flexibility index (Phi) is 7.07. The van der Waals surface area contributed by atoms with Crippen LogP contribution in [0.5, 0.6) is 0 Å². The van der Waals surface area contributed by atoms with Gasteiger partial charge in [0.05, 0.1) is 6.33 Å². The number of aryl methyl sites for hydroxylation is 1. The number of carbonyl (C=O) groups excluding carboxylic acids is 1. The van der Waals surface area contributed by atoms with Gasteiger partial charge >= 0.3 is 12.1 Å². The molecule has 1 aromatic heterocycles. The second kappa shape index (κ2) is 10.3. The summed E-state index contributed by atoms with van der Waals surface area (Å²) in [6.45, 7) is 3.13. The third-order valence-corrected chi connectivity index (χ3v) is 6.09. The number of aromatic nitrogens is 2. The van der Waals surface area contributed by atoms with E-state index in [4.69, 9.17) is 9.84 Å². The molecule has 0 saturated carbocycles. The second-order valence-corrected chi connectivity index (χ2v) is 8.38. The van der Waals surface area contributed by atoms with Gasteiger partial charge in [0, 0.05) is 43.2 Å². The van der Waals surface area contributed by atoms with Crippen LogP contribution >= 0.6 is 0 Å². The van der Waals surface area contributed by atoms with E-state index in [9.17, 15) is 9.59 Å². The number of hydrogen-bond acceptors (Lipinski definition) is 4. The Labute approximate surface area is 193 Å². The van der Waals surface area contributed by atoms with Gasteiger partial charge in [0.1, 0.15) is 6.61 Å². The van der Waals surface area contributed by atoms with Crippen LogP contribution in [-0.4, -0.2) is 39.4 Å². The number of benzene rings is 2. The molecule has 1 heterocycles. The number of amides is 1. The van der Waals surface area contributed by atoms with Crippen molar-refractivity contribution < 1.29 is 19.4 Å². The van der Waals surface area contributed by atoms with Gasteiger partial charge in [-0.3, -0.25) is 4.79 Å². The standard InChI is InChI=1S/C26H29N3O4/c1-2-13-29-17-27-15-19(29)14-18(11-12-25(30)31)28-26(32)33-16-24-22-9-5-3-7-20(22)21-8-4-6-10-23(21)24/h3-10,15,17-18,24H,2,11-14,16H2,1H3,(H,28,32)(H,30,31). The Balaban J connectivity index is 1.42. The average molecular weight is 448 g/mol. The molecule has 1 amide bonds. The van der Waals surface area contributed by atoms with Crippen LogP contribution in [0.4, 0.5) is 4.79 Å². The maximum atomic E-state index is 12.7. The maximum absolute atomic E-state index is 12.7. The van der Waals surface area contributed by atoms with Gasteiger partial charge in [-0.15, -0.1) is 0 Å². The Hall–Kier alpha value is -3.61. The number of rotatable bonds is 10. The molecule has 2 N–H and O–H groups in total. The fourth-order valence-corrected chi connectivity index (χ4v) is 4.54. The van der Waals surface area contributed by atoms with Gasteiger partial charge in [0.15, 0.2) is 0 Å². The van der Waals surface area contributed by atoms with Crippen LogP contribution in [0.1, 0.15) is 48.9 Å². The van der Waals surface area contributed by atoms with Gasteiger partial charge in [0.25, 0.3) is 0 Å². The zero-order valence-electron chi connectivity index (χ0n) is 18.7. The second-order valence-electron chi connectivity index (χ2n) is 8.38. The van der Waals surface area contributed by atoms with Crippen molar-refractivity contribution in [2.75, 3.05) is 6.61 Å². The van der Waals surface area contributed by atoms with Crippen molar-refractivity contribution in [2.24, 2.45) is 0 Å². The molecule has 3 aromatic rings. The molecule has 0 radical (unpaired) electrons. The van der Waals surface area contributed by atoms with Crippen molar-refractivity contribution in [3.05, 3.63) is 77.9 Å². The van der Waals surface area contributed by atoms with Crippen LogP contribution in [0.15, 0.2) is 61.1 Å². The molecule has 0 spiro atoms. The lowest BCUT2D eigenvalue weighted by atomic mass is 9.98. The van der Waals surface area contributed by atoms with Gasteiger partial charge < -0.3 is 19.7 Å². The highest BCUT2D eigenvalue weighted by Gasteiger charge is 2.29. The normalized spacial score (nSPS) is 13.2. The van der Waals surface area contributed by atoms with Crippen molar-refractivity contribution in [3.8, 4) is 11.1 Å². The van der Waals surface area contributed by atoms with Crippen LogP contribution in [0, 0.1) is 0 Å². The highest BCUT2D eigenvalue weighted by molar-refractivity contribution is 5.79. The summed E-state index contributed by atoms with van der Waals surface area (Å²) in [5.74, 6) is -0.914. The van der Waals surface area contributed by atoms with E-state index in [1.165, 1.54) is 11.1 Å². The van der Waals surface area contributed by atoms with Crippen LogP contribution in [0.2, 0.25) is 0 Å². The Morgan fingerprint density at radius 3 is 2.42 bits per heavy atom. The zero-order chi connectivity index (χ0) is 23.2. The van der Waals surface area contributed by atoms with Crippen molar-refractivity contribution in [2.45, 2.75) is 51.1 Å². The van der Waals surface area contributed by atoms with E-state index in [0.717, 1.165) is 29.8 Å². The minimum Gasteiger partial charge on any atom is -0.481 e. The Morgan fingerprint density at radius 1 is 1.12 bits per heavy atom. The zero-order valence-corrected chi connectivity index (χ0v) is 18.7. The molecular weight excluding hydrogens is 418 g/mol. The summed E-state index contributed by atoms with van der Waals surface area (Å²) in [6.07, 6.45) is 4.74. The fraction of sp³-hybridized carbons (Fsp3) is 0.346. The van der Waals surface area contributed by atoms with E-state index in [1.54, 1.807) is 12.5 Å². The number of nitrogens with zero attached hydrogens (tertiary/aromatic N) is 2. The van der Waals surface area contributed by atoms with Crippen LogP contribution in [-0.2, 0) is 22.5 Å². The van der Waals surface area contributed by atoms with Gasteiger partial charge in [-0.1, -0.05) is 55.5 Å². The van der Waals surface area contributed by atoms with E-state index in [0.29, 0.717) is 12.8 Å². The van der Waals surface area contributed by atoms with Gasteiger partial charge in [0.2, 0.25) is 0 Å². The molecule has 7 heteroatoms. The lowest BCUT2D eigenvalue weighted by molar-refractivity contribution is -0.137. The van der Waals surface area contributed by atoms with Crippen molar-refractivity contribution in [1.29, 1.82) is 0 Å². The predicted octanol–water partition coefficient (Wildman–Crippen LogP) is 4.61. The molecule has 0 aliphatic heterocycles. The molecule has 7 nitrogen and oxygen atoms in total. The molecule has 0 fully saturated rings. The summed E-state index contributed by atoms with van der Waals surface area (Å²) in [4.78, 5) is 28.1. The average Bonchev–Trinajstić information content (AvgIpc) is 3.38. The number of carboxylic acid groups (broad SMARTS) is 1. The van der Waals surface area contributed by atoms with Crippen molar-refractivity contribution in [1.82, 2.24) is 14.9 Å². The van der Waals surface area contributed by atoms with Crippen LogP contribution < -0.4 is 5.32 Å². The van der Waals surface area contributed by atoms with Crippen molar-refractivity contribution in [3.63, 3.8) is 0 Å². The molecule has 1 atom stereocenters. The summed E-state index contributed by atoms with van der Waals surface area (Å²) in [7, 11) is 0. The minimum atomic E-state index is -0.892. The number of nitrogens with one attached hydrogen (secondary N) is 1. The summed E-state index contributed by atoms with van der Waals surface area (Å²) in [6, 6.07) is 16.0. The molecule has 1 aliphatic carbocycles. The quantitative estimate of drug-likeness (QED) is 0.473. The van der Waals surface area contributed by atoms with E-state index < -0.39 is 12.1 Å². The minimum absolute atomic E-state index is 0.0217. The molecule has 1 aliphatic rings. The van der Waals surface area contributed by atoms with Gasteiger partial charge in [-0.05, 0) is 35.1 Å². The monoisotopic (exact) mass is 447 g/mol. The summed E-state index contributed by atoms with van der Waals surface area (Å²) < 4.78 is 7.69. The number of hydrogen-bond donors (Lipinski definition) is 2. The fourth-order valence-electron chi connectivity index (χ4n) is 4.54. The first kappa shape index (κ1) is 22.6. The number of imidazole rings is 1. The lowest BCUT2D eigenvalue weighted by Crippen LogP contribution is -2.38. The largest absolute Gasteiger partial charge is 0.481 e. The smallest absolute Gasteiger partial charge is 0.407 e. The number of carbonyl (C=O) groups is 2. The highest BCUT2D eigenvalue weighted by atomic mass is 16.5. The summed E-state index contributed by atoms with van der Waals surface area (Å²) >= 11 is 0. The first-order valence-corrected chi connectivity index (χ1v) is 11.4. The lowest BCUT2D eigenvalue weighted by Gasteiger charge is -2.20. The molecule has 1 unspecified atom stereocenters. The van der Waals surface area contributed by atoms with Crippen LogP contribution in [0.25, 0.3) is 11.1 Å². The number of fused-ring (bicyclic) bond motifs is 3. The third-order valence-electron chi connectivity index (χ3n) is 6.09. The molecule has 0 bridgehead atoms. The van der Waals surface area contributed by atoms with Crippen LogP contribution in [0.3, 0.4) is 0 Å². The molecular formula is C26H29N3O4. The molecule has 0 saturated heterocycles. The number of ether oxygens (including phenoxy) is 1. The topological polar surface area (TPSA) is 93.5 Å². The summed E-state index contributed by atoms with van der Waals surface area (Å²) in [5, 5.41) is 12.0. The maximum Gasteiger partial charge on any atom is 0.407 e. The molecule has 2 aromatic carbocycles. The first-order chi connectivity index (χ1) is 16.1. The third kappa shape index (κ3) is 5.25. The molecule has 172 valence electrons. The molecule has 4 rings (SSSR count). The Bertz CT molecular complexity index is 1080. The molecule has 33 heavy (non-hydrogen) atoms. The highest BCUT2D eigenvalue weighted by Crippen LogP contribution is 2.44. The van der Waals surface area contributed by atoms with Gasteiger partial charge in [-0.25, -0.2) is 9.78 Å². The SMILES string of the molecule is CCCn1cncc1CC(CCC(=O)O)NC(=O)OCC1c2ccccc2-c2ccccc21. The van der Waals surface area contributed by atoms with E-state index in [2.05, 4.69) is 41.5 Å². The number of aliphatic carboxylic acids is 1. The van der Waals surface area contributed by atoms with Gasteiger partial charge in [-0.2, -0.15) is 0 Å². The number of alkyl carbamates (subject to hydrolysis) is 1. The predicted molar refractivity (Wildman–Crippen MR) is 125 cm³/mol. The Morgan fingerprint density at radius 2 is 1.79 bits per heavy atom. The van der Waals surface area contributed by atoms with E-state index >= 15 is 0 Å². The van der Waals surface area contributed by atoms with E-state index in [1.807, 2.05) is 28.8 Å².